The fraction of sp³-hybridized carbons (Fsp3) is 0.400. The molecule has 0 spiro atoms. The lowest BCUT2D eigenvalue weighted by Crippen LogP contribution is -2.19. The van der Waals surface area contributed by atoms with Crippen LogP contribution in [-0.4, -0.2) is 30.0 Å². The second-order valence-electron chi connectivity index (χ2n) is 1.63. The van der Waals surface area contributed by atoms with Crippen molar-refractivity contribution in [2.75, 3.05) is 6.54 Å². The van der Waals surface area contributed by atoms with E-state index in [9.17, 15) is 13.6 Å². The van der Waals surface area contributed by atoms with Gasteiger partial charge in [0.2, 0.25) is 5.78 Å². The largest absolute Gasteiger partial charge is 0.289 e. The average Bonchev–Trinajstić information content (AvgIpc) is 2.13. The van der Waals surface area contributed by atoms with Gasteiger partial charge in [0, 0.05) is 0 Å². The molecule has 0 aromatic carbocycles. The Morgan fingerprint density at radius 3 is 2.80 bits per heavy atom. The predicted molar refractivity (Wildman–Crippen MR) is 28.4 cm³/mol. The van der Waals surface area contributed by atoms with E-state index in [0.29, 0.717) is 0 Å². The maximum absolute atomic E-state index is 11.5. The van der Waals surface area contributed by atoms with E-state index in [2.05, 4.69) is 5.10 Å². The van der Waals surface area contributed by atoms with Crippen molar-refractivity contribution in [3.8, 4) is 0 Å². The SMILES string of the molecule is O=C1[C]N(CC(F)F)N=[C]1. The molecule has 0 aromatic rings. The molecule has 1 aliphatic heterocycles. The van der Waals surface area contributed by atoms with Crippen molar-refractivity contribution >= 4 is 12.0 Å². The standard InChI is InChI=1S/C5H3F2N2O/c6-5(7)3-9-2-4(10)1-8-9/h5H,3H2. The number of Topliss-reactive ketones (excluding diaryl/α,β-unsaturated/α-hetero) is 1. The number of hydrogen-bond donors (Lipinski definition) is 0. The van der Waals surface area contributed by atoms with Crippen LogP contribution in [0.4, 0.5) is 8.78 Å². The summed E-state index contributed by atoms with van der Waals surface area (Å²) >= 11 is 0. The Labute approximate surface area is 56.3 Å². The highest BCUT2D eigenvalue weighted by Gasteiger charge is 2.19. The maximum atomic E-state index is 11.5. The van der Waals surface area contributed by atoms with Gasteiger partial charge in [-0.2, -0.15) is 5.10 Å². The molecule has 53 valence electrons. The highest BCUT2D eigenvalue weighted by Crippen LogP contribution is 2.05. The molecule has 1 aliphatic rings. The Bertz CT molecular complexity index is 169. The lowest BCUT2D eigenvalue weighted by Gasteiger charge is -2.08. The van der Waals surface area contributed by atoms with E-state index >= 15 is 0 Å². The van der Waals surface area contributed by atoms with Gasteiger partial charge >= 0.3 is 0 Å². The molecule has 3 nitrogen and oxygen atoms in total. The Morgan fingerprint density at radius 2 is 2.40 bits per heavy atom. The van der Waals surface area contributed by atoms with Crippen molar-refractivity contribution in [1.82, 2.24) is 5.01 Å². The Hall–Kier alpha value is -1.00. The van der Waals surface area contributed by atoms with Crippen LogP contribution in [0.15, 0.2) is 5.10 Å². The number of rotatable bonds is 2. The highest BCUT2D eigenvalue weighted by atomic mass is 19.3. The number of halogens is 2. The van der Waals surface area contributed by atoms with Crippen molar-refractivity contribution in [3.63, 3.8) is 0 Å². The van der Waals surface area contributed by atoms with Gasteiger partial charge in [-0.1, -0.05) is 0 Å². The van der Waals surface area contributed by atoms with E-state index in [1.165, 1.54) is 0 Å². The Kier molecular flexibility index (Phi) is 1.94. The average molecular weight is 145 g/mol. The molecule has 0 atom stereocenters. The third-order valence-electron chi connectivity index (χ3n) is 0.814. The minimum Gasteiger partial charge on any atom is -0.289 e. The molecule has 0 bridgehead atoms. The summed E-state index contributed by atoms with van der Waals surface area (Å²) in [6.45, 7) is 1.42. The van der Waals surface area contributed by atoms with Gasteiger partial charge in [-0.15, -0.1) is 0 Å². The molecule has 5 heteroatoms. The molecule has 0 fully saturated rings. The first-order valence-corrected chi connectivity index (χ1v) is 2.51. The van der Waals surface area contributed by atoms with Crippen LogP contribution in [0, 0.1) is 6.54 Å². The van der Waals surface area contributed by atoms with Crippen LogP contribution in [0.1, 0.15) is 0 Å². The van der Waals surface area contributed by atoms with Gasteiger partial charge < -0.3 is 0 Å². The van der Waals surface area contributed by atoms with Crippen molar-refractivity contribution in [1.29, 1.82) is 0 Å². The summed E-state index contributed by atoms with van der Waals surface area (Å²) in [4.78, 5) is 10.2. The molecule has 10 heavy (non-hydrogen) atoms. The fourth-order valence-electron chi connectivity index (χ4n) is 0.490. The molecule has 3 radical (unpaired) electrons. The number of alkyl halides is 2. The number of nitrogens with zero attached hydrogens (tertiary/aromatic N) is 2. The summed E-state index contributed by atoms with van der Waals surface area (Å²) in [6.07, 6.45) is -0.568. The normalized spacial score (nSPS) is 17.5. The van der Waals surface area contributed by atoms with Crippen LogP contribution in [0.3, 0.4) is 0 Å². The smallest absolute Gasteiger partial charge is 0.257 e. The predicted octanol–water partition coefficient (Wildman–Crippen LogP) is 0.0378. The van der Waals surface area contributed by atoms with Crippen molar-refractivity contribution in [2.24, 2.45) is 5.10 Å². The van der Waals surface area contributed by atoms with E-state index in [1.54, 1.807) is 0 Å². The molecule has 0 amide bonds. The third kappa shape index (κ3) is 1.75. The molecule has 0 unspecified atom stereocenters. The van der Waals surface area contributed by atoms with Gasteiger partial charge in [0.1, 0.15) is 0 Å². The summed E-state index contributed by atoms with van der Waals surface area (Å²) in [5.41, 5.74) is 0. The maximum Gasteiger partial charge on any atom is 0.257 e. The molecule has 1 heterocycles. The second kappa shape index (κ2) is 2.72. The molecular weight excluding hydrogens is 142 g/mol. The minimum atomic E-state index is -2.51. The van der Waals surface area contributed by atoms with Crippen molar-refractivity contribution in [2.45, 2.75) is 6.43 Å². The van der Waals surface area contributed by atoms with Gasteiger partial charge in [0.25, 0.3) is 6.43 Å². The molecule has 0 N–H and O–H groups in total. The Morgan fingerprint density at radius 1 is 1.70 bits per heavy atom. The van der Waals surface area contributed by atoms with Crippen LogP contribution in [0.2, 0.25) is 0 Å². The van der Waals surface area contributed by atoms with Gasteiger partial charge in [0.15, 0.2) is 12.8 Å². The van der Waals surface area contributed by atoms with Crippen LogP contribution < -0.4 is 0 Å². The zero-order valence-corrected chi connectivity index (χ0v) is 4.84. The van der Waals surface area contributed by atoms with E-state index in [0.717, 1.165) is 5.01 Å². The summed E-state index contributed by atoms with van der Waals surface area (Å²) < 4.78 is 23.1. The second-order valence-corrected chi connectivity index (χ2v) is 1.63. The highest BCUT2D eigenvalue weighted by molar-refractivity contribution is 6.32. The summed E-state index contributed by atoms with van der Waals surface area (Å²) in [5, 5.41) is 3.94. The summed E-state index contributed by atoms with van der Waals surface area (Å²) in [6, 6.07) is 0. The first-order valence-electron chi connectivity index (χ1n) is 2.51. The van der Waals surface area contributed by atoms with E-state index < -0.39 is 18.8 Å². The van der Waals surface area contributed by atoms with Crippen LogP contribution in [-0.2, 0) is 4.79 Å². The molecule has 0 saturated heterocycles. The van der Waals surface area contributed by atoms with Crippen LogP contribution in [0.25, 0.3) is 0 Å². The molecule has 0 saturated carbocycles. The molecule has 0 aromatic heterocycles. The van der Waals surface area contributed by atoms with E-state index in [1.807, 2.05) is 12.8 Å². The number of carbonyl (C=O) groups is 1. The fourth-order valence-corrected chi connectivity index (χ4v) is 0.490. The molecular formula is C5H3F2N2O. The topological polar surface area (TPSA) is 32.7 Å². The first-order chi connectivity index (χ1) is 4.68. The zero-order chi connectivity index (χ0) is 7.56. The van der Waals surface area contributed by atoms with Gasteiger partial charge in [-0.25, -0.2) is 8.78 Å². The quantitative estimate of drug-likeness (QED) is 0.549. The van der Waals surface area contributed by atoms with Crippen LogP contribution in [0.5, 0.6) is 0 Å². The number of hydrogen-bond acceptors (Lipinski definition) is 3. The number of hydrazone groups is 1. The summed E-state index contributed by atoms with van der Waals surface area (Å²) in [7, 11) is 0. The first kappa shape index (κ1) is 7.11. The molecule has 0 aliphatic carbocycles. The third-order valence-corrected chi connectivity index (χ3v) is 0.814. The lowest BCUT2D eigenvalue weighted by molar-refractivity contribution is -0.110. The lowest BCUT2D eigenvalue weighted by atomic mass is 10.4. The van der Waals surface area contributed by atoms with E-state index in [4.69, 9.17) is 0 Å². The van der Waals surface area contributed by atoms with Gasteiger partial charge in [-0.05, 0) is 0 Å². The summed E-state index contributed by atoms with van der Waals surface area (Å²) in [5.74, 6) is -0.597. The number of ketones is 1. The van der Waals surface area contributed by atoms with Crippen LogP contribution >= 0.6 is 0 Å². The monoisotopic (exact) mass is 145 g/mol. The van der Waals surface area contributed by atoms with Gasteiger partial charge in [0.05, 0.1) is 6.54 Å². The number of carbonyl (C=O) groups excluding carboxylic acids is 1. The molecule has 1 rings (SSSR count). The van der Waals surface area contributed by atoms with E-state index in [-0.39, 0.29) is 0 Å². The van der Waals surface area contributed by atoms with Crippen molar-refractivity contribution < 1.29 is 13.6 Å². The van der Waals surface area contributed by atoms with Gasteiger partial charge in [-0.3, -0.25) is 9.80 Å². The minimum absolute atomic E-state index is 0.597. The van der Waals surface area contributed by atoms with Crippen molar-refractivity contribution in [3.05, 3.63) is 6.54 Å². The Balaban J connectivity index is 2.33. The zero-order valence-electron chi connectivity index (χ0n) is 4.84.